The molecule has 0 aliphatic carbocycles. The van der Waals surface area contributed by atoms with Gasteiger partial charge in [0.1, 0.15) is 17.5 Å². The molecule has 6 aromatic carbocycles. The summed E-state index contributed by atoms with van der Waals surface area (Å²) in [6, 6.07) is 101. The minimum Gasteiger partial charge on any atom is -0.662 e. The molecule has 4 atom stereocenters. The van der Waals surface area contributed by atoms with E-state index in [0.717, 1.165) is 81.2 Å². The van der Waals surface area contributed by atoms with Gasteiger partial charge in [0, 0.05) is 128 Å². The number of imidazole rings is 3. The number of benzene rings is 6. The average Bonchev–Trinajstić information content (AvgIpc) is 1.69. The monoisotopic (exact) mass is 2440 g/mol. The van der Waals surface area contributed by atoms with Crippen LogP contribution in [0.25, 0.3) is 111 Å². The van der Waals surface area contributed by atoms with Crippen LogP contribution in [0.3, 0.4) is 0 Å². The van der Waals surface area contributed by atoms with Crippen molar-refractivity contribution in [1.82, 2.24) is 64.8 Å². The molecule has 0 spiro atoms. The molecule has 18 aromatic rings. The molecule has 615 valence electrons. The van der Waals surface area contributed by atoms with Crippen molar-refractivity contribution < 1.29 is 140 Å². The Morgan fingerprint density at radius 1 is 0.467 bits per heavy atom. The molecule has 4 unspecified atom stereocenters. The summed E-state index contributed by atoms with van der Waals surface area (Å²) >= 11 is 0.564. The fourth-order valence-corrected chi connectivity index (χ4v) is 12.3. The Kier molecular flexibility index (Phi) is 44.5. The Morgan fingerprint density at radius 2 is 0.900 bits per heavy atom. The molecule has 12 aromatic heterocycles. The summed E-state index contributed by atoms with van der Waals surface area (Å²) in [6.45, 7) is 4.15. The van der Waals surface area contributed by atoms with Gasteiger partial charge in [-0.2, -0.15) is 6.20 Å². The van der Waals surface area contributed by atoms with Gasteiger partial charge in [-0.25, -0.2) is 0 Å². The zero-order valence-corrected chi connectivity index (χ0v) is 77.8. The number of hydrogen-bond acceptors (Lipinski definition) is 15. The SMILES string of the molecule is CC1N=C(c2ccccn2)[N-]C1C.Fc1c[c-]c(-c2cccc[pH+]2)cc1.O=C([N-]SOOc1ccccc1)c1ccccn1.O=c1cc[n-]c(-c2ccccn2)c1.[Pt+2].[Pt+2].[Pt].[Rh].[Rh].[Rh].[c-]1ccccc1-c1cccc[pH+]1.c1ccc(-c2nc3ccccc3[n-]2)nc1.c1ccc(-c2nc3ccccc3[n-]2)nc1.c1ccc(-c2nc3ccccc3[n-]2)nc1. The maximum Gasteiger partial charge on any atom is 2.00 e. The first-order chi connectivity index (χ1) is 56.1. The van der Waals surface area contributed by atoms with Crippen LogP contribution in [-0.2, 0) is 126 Å². The second-order valence-corrected chi connectivity index (χ2v) is 26.8. The van der Waals surface area contributed by atoms with E-state index in [-0.39, 0.29) is 151 Å². The number of nitrogens with zero attached hydrogens (tertiary/aromatic N) is 16. The van der Waals surface area contributed by atoms with Crippen LogP contribution in [0.15, 0.2) is 368 Å². The number of aliphatic imine (C=N–C) groups is 1. The topological polar surface area (TPSA) is 266 Å². The third kappa shape index (κ3) is 31.4. The largest absolute Gasteiger partial charge is 2.00 e. The number of carbonyl (C=O) groups is 1. The first-order valence-electron chi connectivity index (χ1n) is 35.6. The Labute approximate surface area is 782 Å². The van der Waals surface area contributed by atoms with Gasteiger partial charge in [0.15, 0.2) is 11.2 Å². The maximum absolute atomic E-state index is 12.6. The summed E-state index contributed by atoms with van der Waals surface area (Å²) in [4.78, 5) is 87.1. The molecule has 0 fully saturated rings. The third-order valence-electron chi connectivity index (χ3n) is 16.0. The van der Waals surface area contributed by atoms with Crippen LogP contribution in [-0.4, -0.2) is 68.7 Å². The number of fused-ring (bicyclic) bond motifs is 3. The Bertz CT molecular complexity index is 5590. The molecule has 13 heterocycles. The van der Waals surface area contributed by atoms with Crippen molar-refractivity contribution in [3.63, 3.8) is 0 Å². The number of amides is 1. The number of aromatic nitrogens is 13. The standard InChI is InChI=1S/3C12H8N3.C12H10N2O3S.C11H7FP.C11H8P.C10H12N3.C10H8N2O.3Pt.3Rh/c3*1-2-6-10-9(5-1)14-12(15-10)11-7-3-4-8-13-11;15-12(11-8-4-5-9-13-11)14-18-17-16-10-6-2-1-3-7-10;12-10-6-4-9(5-7-10)11-3-1-2-8-13-11;1-2-6-10(7-3-1)11-8-4-5-9-12-11;1-7-8(2)13-10(12-7)9-5-3-4-6-11-9;13-8-4-6-12-10(7-8)9-3-1-2-5-11-9;;;;;;/h3*1-8H;1-9H,(H,14,15);1-4,6-8H;1-6,8-9H;3-8H,1-2H3;1-7H,(H,12,13);;;;;;/q3*-1;;3*-1;;;2*+2;;;. The summed E-state index contributed by atoms with van der Waals surface area (Å²) in [7, 11) is 1.45. The molecular formula is C90H69FN16O4P2Pt3Rh3S-2. The van der Waals surface area contributed by atoms with E-state index in [9.17, 15) is 14.0 Å². The smallest absolute Gasteiger partial charge is 0.662 e. The summed E-state index contributed by atoms with van der Waals surface area (Å²) in [5.41, 5.74) is 12.6. The number of rotatable bonds is 12. The van der Waals surface area contributed by atoms with Gasteiger partial charge in [-0.15, -0.1) is 75.8 Å². The van der Waals surface area contributed by atoms with Gasteiger partial charge in [-0.1, -0.05) is 166 Å². The van der Waals surface area contributed by atoms with Crippen LogP contribution in [0.2, 0.25) is 0 Å². The minimum atomic E-state index is -0.475. The second kappa shape index (κ2) is 54.1. The van der Waals surface area contributed by atoms with Crippen LogP contribution in [0.1, 0.15) is 30.0 Å². The molecule has 1 aliphatic rings. The van der Waals surface area contributed by atoms with Crippen LogP contribution in [0.4, 0.5) is 4.39 Å². The van der Waals surface area contributed by atoms with Gasteiger partial charge in [0.2, 0.25) is 0 Å². The van der Waals surface area contributed by atoms with Crippen LogP contribution >= 0.6 is 28.6 Å². The molecule has 0 N–H and O–H groups in total. The fraction of sp³-hybridized carbons (Fsp3) is 0.0444. The number of pyridine rings is 7. The number of amidine groups is 1. The molecule has 3 radical (unpaired) electrons. The normalized spacial score (nSPS) is 11.6. The van der Waals surface area contributed by atoms with Gasteiger partial charge in [-0.3, -0.25) is 39.1 Å². The van der Waals surface area contributed by atoms with E-state index in [4.69, 9.17) is 9.22 Å². The predicted octanol–water partition coefficient (Wildman–Crippen LogP) is 20.0. The second-order valence-electron chi connectivity index (χ2n) is 24.0. The zero-order valence-electron chi connectivity index (χ0n) is 63.2. The Hall–Kier alpha value is -10.2. The van der Waals surface area contributed by atoms with Gasteiger partial charge >= 0.3 is 42.1 Å². The molecule has 1 aliphatic heterocycles. The van der Waals surface area contributed by atoms with E-state index in [0.29, 0.717) is 49.3 Å². The van der Waals surface area contributed by atoms with E-state index >= 15 is 0 Å². The van der Waals surface area contributed by atoms with E-state index in [1.807, 2.05) is 200 Å². The molecule has 19 rings (SSSR count). The van der Waals surface area contributed by atoms with Crippen LogP contribution in [0.5, 0.6) is 5.75 Å². The molecule has 30 heteroatoms. The van der Waals surface area contributed by atoms with Gasteiger partial charge in [0.05, 0.1) is 55.4 Å². The number of halogens is 1. The Morgan fingerprint density at radius 3 is 1.30 bits per heavy atom. The van der Waals surface area contributed by atoms with E-state index < -0.39 is 5.91 Å². The Balaban J connectivity index is 0.000000212. The molecule has 120 heavy (non-hydrogen) atoms. The number of carbonyl (C=O) groups excluding carboxylic acids is 1. The first kappa shape index (κ1) is 98.6. The van der Waals surface area contributed by atoms with E-state index in [1.54, 1.807) is 79.5 Å². The average molecular weight is 2450 g/mol. The van der Waals surface area contributed by atoms with Crippen molar-refractivity contribution in [2.75, 3.05) is 0 Å². The summed E-state index contributed by atoms with van der Waals surface area (Å²) < 4.78 is 20.9. The van der Waals surface area contributed by atoms with Crippen molar-refractivity contribution in [2.45, 2.75) is 25.9 Å². The van der Waals surface area contributed by atoms with Crippen molar-refractivity contribution >= 4 is 73.5 Å². The third-order valence-corrected chi connectivity index (χ3v) is 18.6. The van der Waals surface area contributed by atoms with Crippen molar-refractivity contribution in [1.29, 1.82) is 0 Å². The van der Waals surface area contributed by atoms with Crippen molar-refractivity contribution in [2.24, 2.45) is 4.99 Å². The number of para-hydroxylation sites is 7. The van der Waals surface area contributed by atoms with Gasteiger partial charge in [-0.05, 0) is 190 Å². The van der Waals surface area contributed by atoms with Gasteiger partial charge in [0.25, 0.3) is 0 Å². The maximum atomic E-state index is 12.6. The molecule has 0 saturated heterocycles. The molecule has 20 nitrogen and oxygen atoms in total. The van der Waals surface area contributed by atoms with Crippen LogP contribution < -0.4 is 30.3 Å². The van der Waals surface area contributed by atoms with E-state index in [1.165, 1.54) is 52.8 Å². The van der Waals surface area contributed by atoms with Crippen LogP contribution in [0, 0.1) is 17.9 Å². The molecular weight excluding hydrogens is 2380 g/mol. The summed E-state index contributed by atoms with van der Waals surface area (Å²) in [5.74, 6) is 6.99. The molecule has 1 amide bonds. The quantitative estimate of drug-likeness (QED) is 0.0209. The minimum absolute atomic E-state index is 0. The van der Waals surface area contributed by atoms with Gasteiger partial charge < -0.3 is 59.6 Å². The predicted molar refractivity (Wildman–Crippen MR) is 454 cm³/mol. The molecule has 0 saturated carbocycles. The van der Waals surface area contributed by atoms with E-state index in [2.05, 4.69) is 148 Å². The van der Waals surface area contributed by atoms with Crippen molar-refractivity contribution in [3.05, 3.63) is 408 Å². The fourth-order valence-electron chi connectivity index (χ4n) is 10.2. The molecule has 0 bridgehead atoms. The van der Waals surface area contributed by atoms with Crippen molar-refractivity contribution in [3.8, 4) is 73.4 Å². The first-order valence-corrected chi connectivity index (χ1v) is 38.4. The zero-order chi connectivity index (χ0) is 78.6. The summed E-state index contributed by atoms with van der Waals surface area (Å²) in [5, 5.41) is 7.01. The summed E-state index contributed by atoms with van der Waals surface area (Å²) in [6.07, 6.45) is 11.7. The number of hydrogen-bond donors (Lipinski definition) is 0.